The maximum Gasteiger partial charge on any atom is 0.0658 e. The van der Waals surface area contributed by atoms with Crippen LogP contribution in [0.5, 0.6) is 0 Å². The van der Waals surface area contributed by atoms with Crippen molar-refractivity contribution in [2.24, 2.45) is 0 Å². The largest absolute Gasteiger partial charge is 0.392 e. The minimum atomic E-state index is -0.0785. The molecular formula is C11H20OS. The van der Waals surface area contributed by atoms with Crippen molar-refractivity contribution in [3.8, 4) is 0 Å². The van der Waals surface area contributed by atoms with Crippen molar-refractivity contribution in [2.75, 3.05) is 5.75 Å². The molecule has 2 atom stereocenters. The number of aliphatic hydroxyl groups is 1. The van der Waals surface area contributed by atoms with E-state index in [1.807, 2.05) is 17.8 Å². The highest BCUT2D eigenvalue weighted by Gasteiger charge is 2.21. The molecule has 76 valence electrons. The van der Waals surface area contributed by atoms with Crippen molar-refractivity contribution in [3.05, 3.63) is 12.7 Å². The number of rotatable bonds is 5. The van der Waals surface area contributed by atoms with Crippen LogP contribution in [0.25, 0.3) is 0 Å². The third-order valence-corrected chi connectivity index (χ3v) is 4.05. The number of thioether (sulfide) groups is 1. The van der Waals surface area contributed by atoms with Crippen LogP contribution in [-0.4, -0.2) is 22.2 Å². The van der Waals surface area contributed by atoms with E-state index in [0.717, 1.165) is 19.3 Å². The Morgan fingerprint density at radius 1 is 1.54 bits per heavy atom. The normalized spacial score (nSPS) is 25.5. The van der Waals surface area contributed by atoms with Gasteiger partial charge in [-0.2, -0.15) is 11.8 Å². The highest BCUT2D eigenvalue weighted by molar-refractivity contribution is 8.00. The molecular weight excluding hydrogens is 180 g/mol. The van der Waals surface area contributed by atoms with Gasteiger partial charge in [-0.05, 0) is 37.9 Å². The first-order chi connectivity index (χ1) is 6.34. The summed E-state index contributed by atoms with van der Waals surface area (Å²) in [7, 11) is 0. The second-order valence-corrected chi connectivity index (χ2v) is 5.04. The predicted octanol–water partition coefficient (Wildman–Crippen LogP) is 2.99. The van der Waals surface area contributed by atoms with E-state index in [0.29, 0.717) is 5.25 Å². The van der Waals surface area contributed by atoms with Crippen LogP contribution in [0, 0.1) is 0 Å². The Morgan fingerprint density at radius 3 is 3.00 bits per heavy atom. The van der Waals surface area contributed by atoms with Gasteiger partial charge >= 0.3 is 0 Å². The van der Waals surface area contributed by atoms with Gasteiger partial charge in [-0.15, -0.1) is 6.58 Å². The van der Waals surface area contributed by atoms with Crippen molar-refractivity contribution in [3.63, 3.8) is 0 Å². The van der Waals surface area contributed by atoms with Gasteiger partial charge in [0, 0.05) is 5.25 Å². The lowest BCUT2D eigenvalue weighted by Crippen LogP contribution is -2.25. The van der Waals surface area contributed by atoms with Crippen LogP contribution in [-0.2, 0) is 0 Å². The van der Waals surface area contributed by atoms with Crippen LogP contribution in [0.2, 0.25) is 0 Å². The molecule has 0 bridgehead atoms. The fourth-order valence-corrected chi connectivity index (χ4v) is 3.09. The van der Waals surface area contributed by atoms with Crippen LogP contribution in [0.15, 0.2) is 12.7 Å². The third kappa shape index (κ3) is 4.19. The first-order valence-electron chi connectivity index (χ1n) is 5.25. The monoisotopic (exact) mass is 200 g/mol. The van der Waals surface area contributed by atoms with E-state index in [1.165, 1.54) is 25.0 Å². The summed E-state index contributed by atoms with van der Waals surface area (Å²) < 4.78 is 0. The molecule has 0 aromatic carbocycles. The summed E-state index contributed by atoms with van der Waals surface area (Å²) in [6, 6.07) is 0. The topological polar surface area (TPSA) is 20.2 Å². The van der Waals surface area contributed by atoms with E-state index < -0.39 is 0 Å². The van der Waals surface area contributed by atoms with Crippen molar-refractivity contribution < 1.29 is 5.11 Å². The molecule has 0 spiro atoms. The van der Waals surface area contributed by atoms with Gasteiger partial charge in [0.2, 0.25) is 0 Å². The molecule has 1 nitrogen and oxygen atoms in total. The van der Waals surface area contributed by atoms with Crippen molar-refractivity contribution in [1.29, 1.82) is 0 Å². The van der Waals surface area contributed by atoms with Crippen molar-refractivity contribution in [1.82, 2.24) is 0 Å². The summed E-state index contributed by atoms with van der Waals surface area (Å²) in [5, 5.41) is 10.4. The molecule has 0 aliphatic carbocycles. The molecule has 1 saturated heterocycles. The smallest absolute Gasteiger partial charge is 0.0658 e. The molecule has 2 heteroatoms. The van der Waals surface area contributed by atoms with Crippen molar-refractivity contribution in [2.45, 2.75) is 49.9 Å². The summed E-state index contributed by atoms with van der Waals surface area (Å²) in [5.41, 5.74) is 0. The van der Waals surface area contributed by atoms with E-state index in [4.69, 9.17) is 0 Å². The lowest BCUT2D eigenvalue weighted by atomic mass is 10.0. The number of aliphatic hydroxyl groups excluding tert-OH is 1. The minimum Gasteiger partial charge on any atom is -0.392 e. The number of unbranched alkanes of at least 4 members (excludes halogenated alkanes) is 1. The Kier molecular flexibility index (Phi) is 5.56. The Hall–Kier alpha value is 0.0500. The van der Waals surface area contributed by atoms with Gasteiger partial charge in [-0.3, -0.25) is 0 Å². The molecule has 1 rings (SSSR count). The average molecular weight is 200 g/mol. The Morgan fingerprint density at radius 2 is 2.38 bits per heavy atom. The summed E-state index contributed by atoms with van der Waals surface area (Å²) in [6.07, 6.45) is 8.77. The van der Waals surface area contributed by atoms with Crippen LogP contribution in [0.3, 0.4) is 0 Å². The van der Waals surface area contributed by atoms with E-state index in [1.54, 1.807) is 0 Å². The first kappa shape index (κ1) is 11.1. The second-order valence-electron chi connectivity index (χ2n) is 3.69. The molecule has 2 unspecified atom stereocenters. The van der Waals surface area contributed by atoms with Gasteiger partial charge in [0.05, 0.1) is 6.10 Å². The summed E-state index contributed by atoms with van der Waals surface area (Å²) >= 11 is 1.95. The molecule has 1 fully saturated rings. The van der Waals surface area contributed by atoms with Crippen LogP contribution < -0.4 is 0 Å². The zero-order valence-corrected chi connectivity index (χ0v) is 9.06. The summed E-state index contributed by atoms with van der Waals surface area (Å²) in [6.45, 7) is 3.68. The second kappa shape index (κ2) is 6.50. The quantitative estimate of drug-likeness (QED) is 0.544. The fraction of sp³-hybridized carbons (Fsp3) is 0.818. The van der Waals surface area contributed by atoms with Gasteiger partial charge < -0.3 is 5.11 Å². The standard InChI is InChI=1S/C11H20OS/c1-2-3-4-7-10(12)11-8-5-6-9-13-11/h2,10-12H,1,3-9H2. The van der Waals surface area contributed by atoms with E-state index in [9.17, 15) is 5.11 Å². The number of allylic oxidation sites excluding steroid dienone is 1. The maximum atomic E-state index is 9.85. The Labute approximate surface area is 85.6 Å². The Bertz CT molecular complexity index is 141. The van der Waals surface area contributed by atoms with Crippen LogP contribution in [0.1, 0.15) is 38.5 Å². The highest BCUT2D eigenvalue weighted by atomic mass is 32.2. The molecule has 1 N–H and O–H groups in total. The average Bonchev–Trinajstić information content (AvgIpc) is 2.19. The zero-order chi connectivity index (χ0) is 9.52. The number of hydrogen-bond donors (Lipinski definition) is 1. The SMILES string of the molecule is C=CCCCC(O)C1CCCCS1. The molecule has 1 aliphatic rings. The molecule has 0 radical (unpaired) electrons. The van der Waals surface area contributed by atoms with Gasteiger partial charge in [0.15, 0.2) is 0 Å². The molecule has 0 saturated carbocycles. The van der Waals surface area contributed by atoms with E-state index in [-0.39, 0.29) is 6.10 Å². The molecule has 0 aromatic rings. The third-order valence-electron chi connectivity index (χ3n) is 2.55. The molecule has 13 heavy (non-hydrogen) atoms. The van der Waals surface area contributed by atoms with E-state index in [2.05, 4.69) is 6.58 Å². The molecule has 0 aromatic heterocycles. The van der Waals surface area contributed by atoms with Gasteiger partial charge in [0.1, 0.15) is 0 Å². The van der Waals surface area contributed by atoms with Gasteiger partial charge in [0.25, 0.3) is 0 Å². The first-order valence-corrected chi connectivity index (χ1v) is 6.30. The lowest BCUT2D eigenvalue weighted by molar-refractivity contribution is 0.154. The maximum absolute atomic E-state index is 9.85. The number of hydrogen-bond acceptors (Lipinski definition) is 2. The van der Waals surface area contributed by atoms with Gasteiger partial charge in [-0.25, -0.2) is 0 Å². The summed E-state index contributed by atoms with van der Waals surface area (Å²) in [5.74, 6) is 1.24. The van der Waals surface area contributed by atoms with Crippen molar-refractivity contribution >= 4 is 11.8 Å². The molecule has 1 heterocycles. The van der Waals surface area contributed by atoms with Crippen LogP contribution in [0.4, 0.5) is 0 Å². The molecule has 1 aliphatic heterocycles. The zero-order valence-electron chi connectivity index (χ0n) is 8.24. The Balaban J connectivity index is 2.13. The summed E-state index contributed by atoms with van der Waals surface area (Å²) in [4.78, 5) is 0. The van der Waals surface area contributed by atoms with Gasteiger partial charge in [-0.1, -0.05) is 12.5 Å². The minimum absolute atomic E-state index is 0.0785. The fourth-order valence-electron chi connectivity index (χ4n) is 1.73. The van der Waals surface area contributed by atoms with E-state index >= 15 is 0 Å². The predicted molar refractivity (Wildman–Crippen MR) is 60.2 cm³/mol. The molecule has 0 amide bonds. The highest BCUT2D eigenvalue weighted by Crippen LogP contribution is 2.29. The van der Waals surface area contributed by atoms with Crippen LogP contribution >= 0.6 is 11.8 Å². The lowest BCUT2D eigenvalue weighted by Gasteiger charge is -2.25.